The number of carboxylic acids is 1. The van der Waals surface area contributed by atoms with Gasteiger partial charge in [-0.15, -0.1) is 0 Å². The third-order valence-electron chi connectivity index (χ3n) is 2.11. The molecule has 0 radical (unpaired) electrons. The molecule has 6 heteroatoms. The lowest BCUT2D eigenvalue weighted by Crippen LogP contribution is -2.12. The lowest BCUT2D eigenvalue weighted by atomic mass is 10.0. The molecular formula is C11H10BrIO4. The van der Waals surface area contributed by atoms with Crippen LogP contribution in [0.25, 0.3) is 0 Å². The van der Waals surface area contributed by atoms with E-state index < -0.39 is 12.1 Å². The Hall–Kier alpha value is -0.470. The summed E-state index contributed by atoms with van der Waals surface area (Å²) in [5.41, 5.74) is 0.647. The van der Waals surface area contributed by atoms with E-state index in [0.29, 0.717) is 17.3 Å². The molecule has 4 nitrogen and oxygen atoms in total. The van der Waals surface area contributed by atoms with E-state index in [1.165, 1.54) is 6.07 Å². The van der Waals surface area contributed by atoms with E-state index in [1.54, 1.807) is 12.1 Å². The van der Waals surface area contributed by atoms with Crippen molar-refractivity contribution in [1.82, 2.24) is 0 Å². The first-order valence-corrected chi connectivity index (χ1v) is 6.96. The van der Waals surface area contributed by atoms with Crippen LogP contribution >= 0.6 is 38.5 Å². The highest BCUT2D eigenvalue weighted by Gasteiger charge is 2.18. The van der Waals surface area contributed by atoms with Gasteiger partial charge < -0.3 is 10.2 Å². The van der Waals surface area contributed by atoms with Crippen molar-refractivity contribution in [1.29, 1.82) is 0 Å². The Labute approximate surface area is 120 Å². The maximum absolute atomic E-state index is 11.7. The molecule has 0 aromatic heterocycles. The number of carboxylic acid groups (broad SMARTS) is 1. The van der Waals surface area contributed by atoms with E-state index in [2.05, 4.69) is 15.9 Å². The molecule has 0 saturated carbocycles. The van der Waals surface area contributed by atoms with Crippen LogP contribution in [0.3, 0.4) is 0 Å². The number of aliphatic carboxylic acids is 1. The molecule has 0 aliphatic rings. The molecule has 92 valence electrons. The van der Waals surface area contributed by atoms with Gasteiger partial charge in [0.25, 0.3) is 0 Å². The van der Waals surface area contributed by atoms with Crippen LogP contribution in [0.4, 0.5) is 0 Å². The minimum Gasteiger partial charge on any atom is -0.479 e. The molecule has 0 amide bonds. The van der Waals surface area contributed by atoms with E-state index in [4.69, 9.17) is 5.11 Å². The first-order valence-electron chi connectivity index (χ1n) is 4.76. The second-order valence-electron chi connectivity index (χ2n) is 3.38. The average molecular weight is 413 g/mol. The van der Waals surface area contributed by atoms with Crippen molar-refractivity contribution in [3.05, 3.63) is 32.9 Å². The largest absolute Gasteiger partial charge is 0.479 e. The van der Waals surface area contributed by atoms with Crippen molar-refractivity contribution in [2.24, 2.45) is 0 Å². The van der Waals surface area contributed by atoms with Gasteiger partial charge in [0.1, 0.15) is 0 Å². The van der Waals surface area contributed by atoms with Crippen LogP contribution in [-0.2, 0) is 4.79 Å². The maximum atomic E-state index is 11.7. The van der Waals surface area contributed by atoms with Crippen molar-refractivity contribution in [2.75, 3.05) is 5.33 Å². The normalized spacial score (nSPS) is 12.2. The van der Waals surface area contributed by atoms with Gasteiger partial charge in [-0.1, -0.05) is 15.9 Å². The molecule has 0 aliphatic carbocycles. The molecule has 1 unspecified atom stereocenters. The number of aliphatic hydroxyl groups is 1. The summed E-state index contributed by atoms with van der Waals surface area (Å²) in [6, 6.07) is 4.64. The van der Waals surface area contributed by atoms with Crippen LogP contribution in [-0.4, -0.2) is 27.3 Å². The van der Waals surface area contributed by atoms with Gasteiger partial charge in [0.2, 0.25) is 0 Å². The lowest BCUT2D eigenvalue weighted by molar-refractivity contribution is -0.146. The Bertz CT molecular complexity index is 447. The second-order valence-corrected chi connectivity index (χ2v) is 5.41. The van der Waals surface area contributed by atoms with E-state index >= 15 is 0 Å². The van der Waals surface area contributed by atoms with Crippen LogP contribution < -0.4 is 0 Å². The third kappa shape index (κ3) is 4.04. The zero-order valence-electron chi connectivity index (χ0n) is 8.69. The second kappa shape index (κ2) is 6.46. The first-order chi connectivity index (χ1) is 7.95. The van der Waals surface area contributed by atoms with Crippen molar-refractivity contribution in [3.8, 4) is 0 Å². The number of alkyl halides is 1. The summed E-state index contributed by atoms with van der Waals surface area (Å²) in [5.74, 6) is -1.41. The Balaban J connectivity index is 3.10. The lowest BCUT2D eigenvalue weighted by Gasteiger charge is -2.08. The fourth-order valence-corrected chi connectivity index (χ4v) is 2.36. The molecule has 0 heterocycles. The average Bonchev–Trinajstić information content (AvgIpc) is 2.27. The van der Waals surface area contributed by atoms with Crippen molar-refractivity contribution in [2.45, 2.75) is 12.5 Å². The van der Waals surface area contributed by atoms with Gasteiger partial charge in [0, 0.05) is 20.9 Å². The predicted molar refractivity (Wildman–Crippen MR) is 74.5 cm³/mol. The molecule has 0 bridgehead atoms. The number of ketones is 1. The highest BCUT2D eigenvalue weighted by atomic mass is 127. The monoisotopic (exact) mass is 412 g/mol. The third-order valence-corrected chi connectivity index (χ3v) is 3.13. The van der Waals surface area contributed by atoms with Crippen LogP contribution in [0.2, 0.25) is 0 Å². The van der Waals surface area contributed by atoms with Crippen molar-refractivity contribution < 1.29 is 19.8 Å². The molecule has 1 atom stereocenters. The molecular weight excluding hydrogens is 403 g/mol. The minimum absolute atomic E-state index is 0.0840. The molecule has 0 fully saturated rings. The smallest absolute Gasteiger partial charge is 0.337 e. The van der Waals surface area contributed by atoms with Gasteiger partial charge in [0.15, 0.2) is 11.9 Å². The quantitative estimate of drug-likeness (QED) is 0.442. The highest BCUT2D eigenvalue weighted by molar-refractivity contribution is 14.1. The van der Waals surface area contributed by atoms with Crippen LogP contribution in [0.15, 0.2) is 18.2 Å². The van der Waals surface area contributed by atoms with Crippen molar-refractivity contribution in [3.63, 3.8) is 0 Å². The van der Waals surface area contributed by atoms with Gasteiger partial charge >= 0.3 is 5.97 Å². The fourth-order valence-electron chi connectivity index (χ4n) is 1.30. The van der Waals surface area contributed by atoms with Gasteiger partial charge in [-0.25, -0.2) is 4.79 Å². The van der Waals surface area contributed by atoms with E-state index in [0.717, 1.165) is 3.57 Å². The molecule has 1 aromatic rings. The Kier molecular flexibility index (Phi) is 5.54. The number of rotatable bonds is 5. The summed E-state index contributed by atoms with van der Waals surface area (Å²) in [6.45, 7) is 0. The molecule has 1 aromatic carbocycles. The molecule has 0 saturated heterocycles. The Morgan fingerprint density at radius 1 is 1.35 bits per heavy atom. The molecule has 0 aliphatic heterocycles. The Morgan fingerprint density at radius 2 is 2.00 bits per heavy atom. The standard InChI is InChI=1S/C11H10BrIO4/c12-2-1-9(14)6-3-7(5-8(13)4-6)10(15)11(16)17/h3-5,10,15H,1-2H2,(H,16,17). The van der Waals surface area contributed by atoms with Crippen LogP contribution in [0, 0.1) is 3.57 Å². The van der Waals surface area contributed by atoms with E-state index in [-0.39, 0.29) is 11.3 Å². The number of carbonyl (C=O) groups excluding carboxylic acids is 1. The van der Waals surface area contributed by atoms with Crippen LogP contribution in [0.5, 0.6) is 0 Å². The number of aliphatic hydroxyl groups excluding tert-OH is 1. The number of hydrogen-bond acceptors (Lipinski definition) is 3. The van der Waals surface area contributed by atoms with Gasteiger partial charge in [-0.3, -0.25) is 4.79 Å². The summed E-state index contributed by atoms with van der Waals surface area (Å²) in [6.07, 6.45) is -1.26. The van der Waals surface area contributed by atoms with Gasteiger partial charge in [0.05, 0.1) is 0 Å². The highest BCUT2D eigenvalue weighted by Crippen LogP contribution is 2.20. The number of halogens is 2. The summed E-state index contributed by atoms with van der Waals surface area (Å²) < 4.78 is 0.721. The van der Waals surface area contributed by atoms with E-state index in [1.807, 2.05) is 22.6 Å². The summed E-state index contributed by atoms with van der Waals surface area (Å²) >= 11 is 5.15. The molecule has 17 heavy (non-hydrogen) atoms. The molecule has 1 rings (SSSR count). The zero-order chi connectivity index (χ0) is 13.0. The number of benzene rings is 1. The van der Waals surface area contributed by atoms with Gasteiger partial charge in [-0.05, 0) is 46.4 Å². The summed E-state index contributed by atoms with van der Waals surface area (Å²) in [4.78, 5) is 22.4. The van der Waals surface area contributed by atoms with Crippen molar-refractivity contribution >= 4 is 50.3 Å². The SMILES string of the molecule is O=C(CCBr)c1cc(I)cc(C(O)C(=O)O)c1. The predicted octanol–water partition coefficient (Wildman–Crippen LogP) is 2.38. The minimum atomic E-state index is -1.60. The Morgan fingerprint density at radius 3 is 2.53 bits per heavy atom. The molecule has 2 N–H and O–H groups in total. The number of hydrogen-bond donors (Lipinski definition) is 2. The maximum Gasteiger partial charge on any atom is 0.337 e. The summed E-state index contributed by atoms with van der Waals surface area (Å²) in [5, 5.41) is 18.7. The van der Waals surface area contributed by atoms with E-state index in [9.17, 15) is 14.7 Å². The van der Waals surface area contributed by atoms with Gasteiger partial charge in [-0.2, -0.15) is 0 Å². The zero-order valence-corrected chi connectivity index (χ0v) is 12.4. The number of Topliss-reactive ketones (excluding diaryl/α,β-unsaturated/α-hetero) is 1. The van der Waals surface area contributed by atoms with Crippen LogP contribution in [0.1, 0.15) is 28.4 Å². The summed E-state index contributed by atoms with van der Waals surface area (Å²) in [7, 11) is 0. The topological polar surface area (TPSA) is 74.6 Å². The first kappa shape index (κ1) is 14.6. The fraction of sp³-hybridized carbons (Fsp3) is 0.273. The molecule has 0 spiro atoms. The number of carbonyl (C=O) groups is 2.